The van der Waals surface area contributed by atoms with Gasteiger partial charge in [0.2, 0.25) is 0 Å². The Morgan fingerprint density at radius 1 is 0.946 bits per heavy atom. The van der Waals surface area contributed by atoms with Crippen LogP contribution >= 0.6 is 12.6 Å². The number of halogens is 1. The number of carbonyl (C=O) groups is 2. The Bertz CT molecular complexity index is 986. The van der Waals surface area contributed by atoms with Gasteiger partial charge in [-0.05, 0) is 73.4 Å². The van der Waals surface area contributed by atoms with Crippen molar-refractivity contribution in [2.75, 3.05) is 13.2 Å². The number of benzene rings is 2. The molecule has 0 bridgehead atoms. The van der Waals surface area contributed by atoms with Gasteiger partial charge in [-0.3, -0.25) is 4.79 Å². The molecule has 7 heteroatoms. The number of esters is 1. The van der Waals surface area contributed by atoms with Crippen LogP contribution in [0.2, 0.25) is 0 Å². The molecule has 0 saturated heterocycles. The normalized spacial score (nSPS) is 9.14. The molecule has 0 amide bonds. The summed E-state index contributed by atoms with van der Waals surface area (Å²) >= 11 is 4.34. The number of rotatable bonds is 8. The minimum absolute atomic E-state index is 0.0889. The third kappa shape index (κ3) is 12.3. The van der Waals surface area contributed by atoms with Gasteiger partial charge in [0.1, 0.15) is 12.6 Å². The lowest BCUT2D eigenvalue weighted by atomic mass is 10.1. The first kappa shape index (κ1) is 36.3. The van der Waals surface area contributed by atoms with Gasteiger partial charge in [0.25, 0.3) is 0 Å². The van der Waals surface area contributed by atoms with E-state index in [1.54, 1.807) is 12.1 Å². The molecule has 2 aromatic carbocycles. The Balaban J connectivity index is 0. The highest BCUT2D eigenvalue weighted by Gasteiger charge is 2.17. The van der Waals surface area contributed by atoms with Crippen LogP contribution < -0.4 is 0 Å². The summed E-state index contributed by atoms with van der Waals surface area (Å²) in [7, 11) is 0. The highest BCUT2D eigenvalue weighted by molar-refractivity contribution is 7.80. The van der Waals surface area contributed by atoms with Crippen molar-refractivity contribution in [2.45, 2.75) is 72.6 Å². The van der Waals surface area contributed by atoms with Gasteiger partial charge in [-0.25, -0.2) is 4.39 Å². The summed E-state index contributed by atoms with van der Waals surface area (Å²) in [5, 5.41) is 8.82. The minimum atomic E-state index is -0.306. The predicted molar refractivity (Wildman–Crippen MR) is 155 cm³/mol. The van der Waals surface area contributed by atoms with Crippen LogP contribution in [0.4, 0.5) is 4.39 Å². The molecule has 0 saturated carbocycles. The second kappa shape index (κ2) is 22.3. The zero-order valence-corrected chi connectivity index (χ0v) is 24.3. The Hall–Kier alpha value is -2.90. The summed E-state index contributed by atoms with van der Waals surface area (Å²) in [5.74, 6) is -0.606. The second-order valence-corrected chi connectivity index (χ2v) is 7.34. The first-order valence-corrected chi connectivity index (χ1v) is 13.3. The molecule has 3 aromatic rings. The van der Waals surface area contributed by atoms with Crippen LogP contribution in [-0.2, 0) is 20.7 Å². The first-order valence-electron chi connectivity index (χ1n) is 12.8. The number of aliphatic hydroxyl groups is 1. The number of carbonyl (C=O) groups excluding carboxylic acids is 2. The number of aromatic nitrogens is 1. The lowest BCUT2D eigenvalue weighted by Gasteiger charge is -2.13. The van der Waals surface area contributed by atoms with Gasteiger partial charge in [-0.1, -0.05) is 53.7 Å². The van der Waals surface area contributed by atoms with Gasteiger partial charge < -0.3 is 19.2 Å². The highest BCUT2D eigenvalue weighted by atomic mass is 32.1. The molecule has 0 unspecified atom stereocenters. The van der Waals surface area contributed by atoms with E-state index in [2.05, 4.69) is 12.6 Å². The van der Waals surface area contributed by atoms with E-state index in [0.29, 0.717) is 19.4 Å². The van der Waals surface area contributed by atoms with Gasteiger partial charge in [-0.2, -0.15) is 0 Å². The zero-order valence-electron chi connectivity index (χ0n) is 23.4. The predicted octanol–water partition coefficient (Wildman–Crippen LogP) is 7.63. The van der Waals surface area contributed by atoms with Gasteiger partial charge in [-0.15, -0.1) is 12.6 Å². The molecule has 206 valence electrons. The van der Waals surface area contributed by atoms with Crippen molar-refractivity contribution in [1.82, 2.24) is 4.57 Å². The Morgan fingerprint density at radius 3 is 2.00 bits per heavy atom. The maximum atomic E-state index is 13.4. The average molecular weight is 534 g/mol. The van der Waals surface area contributed by atoms with E-state index < -0.39 is 0 Å². The number of nitrogens with zero attached hydrogens (tertiary/aromatic N) is 1. The van der Waals surface area contributed by atoms with Crippen molar-refractivity contribution in [3.8, 4) is 16.9 Å². The first-order chi connectivity index (χ1) is 18.0. The van der Waals surface area contributed by atoms with Crippen molar-refractivity contribution in [3.63, 3.8) is 0 Å². The fraction of sp³-hybridized carbons (Fsp3) is 0.400. The molecule has 0 radical (unpaired) electrons. The number of ether oxygens (including phenoxy) is 1. The maximum Gasteiger partial charge on any atom is 0.310 e. The van der Waals surface area contributed by atoms with Crippen molar-refractivity contribution in [3.05, 3.63) is 71.7 Å². The molecule has 0 aliphatic rings. The van der Waals surface area contributed by atoms with Gasteiger partial charge in [0, 0.05) is 22.9 Å². The topological polar surface area (TPSA) is 68.5 Å². The zero-order chi connectivity index (χ0) is 28.8. The van der Waals surface area contributed by atoms with Crippen LogP contribution in [0.3, 0.4) is 0 Å². The van der Waals surface area contributed by atoms with Crippen molar-refractivity contribution in [1.29, 1.82) is 0 Å². The molecule has 5 nitrogen and oxygen atoms in total. The van der Waals surface area contributed by atoms with E-state index in [1.807, 2.05) is 90.2 Å². The molecule has 1 N–H and O–H groups in total. The summed E-state index contributed by atoms with van der Waals surface area (Å²) in [4.78, 5) is 21.1. The summed E-state index contributed by atoms with van der Waals surface area (Å²) in [6.45, 7) is 16.3. The monoisotopic (exact) mass is 533 g/mol. The summed E-state index contributed by atoms with van der Waals surface area (Å²) in [6.07, 6.45) is 1.40. The van der Waals surface area contributed by atoms with Gasteiger partial charge >= 0.3 is 5.97 Å². The quantitative estimate of drug-likeness (QED) is 0.177. The summed E-state index contributed by atoms with van der Waals surface area (Å²) < 4.78 is 20.7. The van der Waals surface area contributed by atoms with Crippen LogP contribution in [0.1, 0.15) is 65.6 Å². The molecular weight excluding hydrogens is 489 g/mol. The smallest absolute Gasteiger partial charge is 0.310 e. The standard InChI is InChI=1S/C23H24FNO3S.3C2H6.CH2O/c1-16-18(15-23(27)28-13-3-2-12-26)14-22(17-4-10-21(29)11-5-17)25(16)20-8-6-19(24)7-9-20;4*1-2/h4-11,14,26,29H,2-3,12-13,15H2,1H3;3*1-2H3;1H2. The third-order valence-corrected chi connectivity index (χ3v) is 5.05. The molecule has 3 rings (SSSR count). The molecule has 1 aromatic heterocycles. The highest BCUT2D eigenvalue weighted by Crippen LogP contribution is 2.30. The van der Waals surface area contributed by atoms with Gasteiger partial charge in [0.15, 0.2) is 0 Å². The Kier molecular flexibility index (Phi) is 21.9. The van der Waals surface area contributed by atoms with Crippen molar-refractivity contribution >= 4 is 25.4 Å². The van der Waals surface area contributed by atoms with E-state index in [-0.39, 0.29) is 24.8 Å². The molecule has 1 heterocycles. The largest absolute Gasteiger partial charge is 0.465 e. The maximum absolute atomic E-state index is 13.4. The third-order valence-electron chi connectivity index (χ3n) is 4.75. The molecular formula is C30H44FNO4S. The fourth-order valence-corrected chi connectivity index (χ4v) is 3.36. The van der Waals surface area contributed by atoms with Crippen LogP contribution in [0.5, 0.6) is 0 Å². The van der Waals surface area contributed by atoms with Crippen LogP contribution in [0, 0.1) is 12.7 Å². The average Bonchev–Trinajstić information content (AvgIpc) is 3.27. The van der Waals surface area contributed by atoms with Crippen LogP contribution in [0.25, 0.3) is 16.9 Å². The molecule has 0 aliphatic carbocycles. The Morgan fingerprint density at radius 2 is 1.49 bits per heavy atom. The van der Waals surface area contributed by atoms with E-state index in [1.165, 1.54) is 12.1 Å². The number of thiol groups is 1. The second-order valence-electron chi connectivity index (χ2n) is 6.83. The number of hydrogen-bond acceptors (Lipinski definition) is 5. The van der Waals surface area contributed by atoms with Crippen molar-refractivity contribution < 1.29 is 23.8 Å². The van der Waals surface area contributed by atoms with E-state index in [4.69, 9.17) is 14.6 Å². The summed E-state index contributed by atoms with van der Waals surface area (Å²) in [6, 6.07) is 16.0. The van der Waals surface area contributed by atoms with E-state index >= 15 is 0 Å². The number of hydrogen-bond donors (Lipinski definition) is 2. The van der Waals surface area contributed by atoms with Gasteiger partial charge in [0.05, 0.1) is 18.7 Å². The number of aliphatic hydroxyl groups excluding tert-OH is 1. The van der Waals surface area contributed by atoms with E-state index in [9.17, 15) is 9.18 Å². The summed E-state index contributed by atoms with van der Waals surface area (Å²) in [5.41, 5.74) is 4.44. The minimum Gasteiger partial charge on any atom is -0.465 e. The lowest BCUT2D eigenvalue weighted by molar-refractivity contribution is -0.143. The van der Waals surface area contributed by atoms with Crippen LogP contribution in [0.15, 0.2) is 59.5 Å². The fourth-order valence-electron chi connectivity index (χ4n) is 3.21. The molecule has 0 spiro atoms. The molecule has 0 aliphatic heterocycles. The Labute approximate surface area is 228 Å². The molecule has 0 fully saturated rings. The van der Waals surface area contributed by atoms with E-state index in [0.717, 1.165) is 33.1 Å². The molecule has 37 heavy (non-hydrogen) atoms. The molecule has 0 atom stereocenters. The van der Waals surface area contributed by atoms with Crippen LogP contribution in [-0.4, -0.2) is 35.6 Å². The van der Waals surface area contributed by atoms with Crippen molar-refractivity contribution in [2.24, 2.45) is 0 Å². The SMILES string of the molecule is C=O.CC.CC.CC.Cc1c(CC(=O)OCCCCO)cc(-c2ccc(S)cc2)n1-c1ccc(F)cc1. The number of unbranched alkanes of at least 4 members (excludes halogenated alkanes) is 1. The lowest BCUT2D eigenvalue weighted by Crippen LogP contribution is -2.10.